The number of aromatic nitrogens is 2. The van der Waals surface area contributed by atoms with Crippen molar-refractivity contribution >= 4 is 11.7 Å². The molecular weight excluding hydrogens is 194 g/mol. The van der Waals surface area contributed by atoms with E-state index in [0.717, 1.165) is 0 Å². The van der Waals surface area contributed by atoms with Crippen LogP contribution >= 0.6 is 0 Å². The first kappa shape index (κ1) is 10.9. The molecule has 1 amide bonds. The van der Waals surface area contributed by atoms with E-state index in [2.05, 4.69) is 15.3 Å². The minimum atomic E-state index is -0.337. The Morgan fingerprint density at radius 1 is 1.53 bits per heavy atom. The van der Waals surface area contributed by atoms with Crippen molar-refractivity contribution in [2.24, 2.45) is 5.73 Å². The summed E-state index contributed by atoms with van der Waals surface area (Å²) in [5.41, 5.74) is 5.23. The van der Waals surface area contributed by atoms with Crippen LogP contribution in [0.5, 0.6) is 0 Å². The van der Waals surface area contributed by atoms with E-state index in [4.69, 9.17) is 11.0 Å². The number of hydrogen-bond donors (Lipinski definition) is 2. The van der Waals surface area contributed by atoms with Crippen LogP contribution < -0.4 is 11.1 Å². The quantitative estimate of drug-likeness (QED) is 0.659. The Labute approximate surface area is 87.1 Å². The van der Waals surface area contributed by atoms with Gasteiger partial charge in [0.25, 0.3) is 0 Å². The molecule has 0 spiro atoms. The van der Waals surface area contributed by atoms with Gasteiger partial charge in [-0.05, 0) is 6.42 Å². The number of anilines is 1. The number of primary amides is 1. The van der Waals surface area contributed by atoms with E-state index in [9.17, 15) is 4.79 Å². The fourth-order valence-electron chi connectivity index (χ4n) is 1.02. The normalized spacial score (nSPS) is 9.27. The van der Waals surface area contributed by atoms with Crippen LogP contribution in [0.1, 0.15) is 18.5 Å². The minimum Gasteiger partial charge on any atom is -0.370 e. The molecule has 0 aliphatic rings. The molecule has 0 saturated heterocycles. The van der Waals surface area contributed by atoms with E-state index in [1.165, 1.54) is 12.4 Å². The average molecular weight is 205 g/mol. The smallest absolute Gasteiger partial charge is 0.217 e. The van der Waals surface area contributed by atoms with Crippen LogP contribution in [-0.2, 0) is 4.79 Å². The number of amides is 1. The number of carbonyl (C=O) groups is 1. The zero-order valence-corrected chi connectivity index (χ0v) is 8.10. The van der Waals surface area contributed by atoms with Crippen molar-refractivity contribution < 1.29 is 4.79 Å². The molecule has 78 valence electrons. The summed E-state index contributed by atoms with van der Waals surface area (Å²) >= 11 is 0. The van der Waals surface area contributed by atoms with Crippen LogP contribution in [-0.4, -0.2) is 22.4 Å². The fourth-order valence-corrected chi connectivity index (χ4v) is 1.02. The number of carbonyl (C=O) groups excluding carboxylic acids is 1. The second-order valence-corrected chi connectivity index (χ2v) is 2.86. The van der Waals surface area contributed by atoms with Gasteiger partial charge in [-0.2, -0.15) is 5.26 Å². The molecule has 15 heavy (non-hydrogen) atoms. The van der Waals surface area contributed by atoms with Gasteiger partial charge < -0.3 is 11.1 Å². The average Bonchev–Trinajstić information content (AvgIpc) is 2.24. The Morgan fingerprint density at radius 2 is 2.27 bits per heavy atom. The summed E-state index contributed by atoms with van der Waals surface area (Å²) in [6.07, 6.45) is 3.87. The van der Waals surface area contributed by atoms with Crippen LogP contribution in [0.3, 0.4) is 0 Å². The van der Waals surface area contributed by atoms with Crippen molar-refractivity contribution in [3.05, 3.63) is 18.1 Å². The van der Waals surface area contributed by atoms with Gasteiger partial charge in [-0.25, -0.2) is 9.97 Å². The van der Waals surface area contributed by atoms with Crippen LogP contribution in [0.15, 0.2) is 12.4 Å². The predicted molar refractivity (Wildman–Crippen MR) is 53.7 cm³/mol. The summed E-state index contributed by atoms with van der Waals surface area (Å²) in [4.78, 5) is 18.2. The van der Waals surface area contributed by atoms with Crippen LogP contribution in [0.2, 0.25) is 0 Å². The van der Waals surface area contributed by atoms with Gasteiger partial charge in [0.2, 0.25) is 5.91 Å². The number of nitriles is 1. The molecule has 0 saturated carbocycles. The zero-order chi connectivity index (χ0) is 11.1. The van der Waals surface area contributed by atoms with Crippen molar-refractivity contribution in [1.82, 2.24) is 9.97 Å². The molecule has 3 N–H and O–H groups in total. The Kier molecular flexibility index (Phi) is 4.04. The molecule has 6 nitrogen and oxygen atoms in total. The molecule has 0 unspecified atom stereocenters. The van der Waals surface area contributed by atoms with Crippen LogP contribution in [0.4, 0.5) is 5.82 Å². The maximum Gasteiger partial charge on any atom is 0.217 e. The molecular formula is C9H11N5O. The molecule has 6 heteroatoms. The summed E-state index contributed by atoms with van der Waals surface area (Å²) in [5, 5.41) is 11.6. The molecule has 0 atom stereocenters. The molecule has 0 radical (unpaired) electrons. The standard InChI is InChI=1S/C9H11N5O/c10-6-7-9(14-5-4-12-7)13-3-1-2-8(11)15/h4-5H,1-3H2,(H2,11,15)(H,13,14). The molecule has 1 aromatic heterocycles. The predicted octanol–water partition coefficient (Wildman–Crippen LogP) is 0.0257. The third-order valence-corrected chi connectivity index (χ3v) is 1.70. The maximum atomic E-state index is 10.4. The van der Waals surface area contributed by atoms with E-state index in [1.54, 1.807) is 0 Å². The Balaban J connectivity index is 2.44. The highest BCUT2D eigenvalue weighted by Gasteiger charge is 2.02. The van der Waals surface area contributed by atoms with E-state index in [1.807, 2.05) is 6.07 Å². The number of hydrogen-bond acceptors (Lipinski definition) is 5. The Bertz CT molecular complexity index is 384. The van der Waals surface area contributed by atoms with Crippen molar-refractivity contribution in [3.8, 4) is 6.07 Å². The summed E-state index contributed by atoms with van der Waals surface area (Å²) in [6, 6.07) is 1.92. The van der Waals surface area contributed by atoms with Gasteiger partial charge in [0.15, 0.2) is 11.5 Å². The lowest BCUT2D eigenvalue weighted by Crippen LogP contribution is -2.13. The third-order valence-electron chi connectivity index (χ3n) is 1.70. The van der Waals surface area contributed by atoms with Gasteiger partial charge >= 0.3 is 0 Å². The fraction of sp³-hybridized carbons (Fsp3) is 0.333. The lowest BCUT2D eigenvalue weighted by atomic mass is 10.3. The minimum absolute atomic E-state index is 0.247. The first-order valence-electron chi connectivity index (χ1n) is 4.47. The molecule has 1 heterocycles. The molecule has 0 bridgehead atoms. The molecule has 0 fully saturated rings. The van der Waals surface area contributed by atoms with Gasteiger partial charge in [0, 0.05) is 25.4 Å². The number of nitrogens with one attached hydrogen (secondary N) is 1. The second-order valence-electron chi connectivity index (χ2n) is 2.86. The van der Waals surface area contributed by atoms with Crippen molar-refractivity contribution in [2.45, 2.75) is 12.8 Å². The monoisotopic (exact) mass is 205 g/mol. The third kappa shape index (κ3) is 3.60. The maximum absolute atomic E-state index is 10.4. The summed E-state index contributed by atoms with van der Waals surface area (Å²) < 4.78 is 0. The number of rotatable bonds is 5. The second kappa shape index (κ2) is 5.54. The van der Waals surface area contributed by atoms with Gasteiger partial charge in [0.1, 0.15) is 6.07 Å². The summed E-state index contributed by atoms with van der Waals surface area (Å²) in [6.45, 7) is 0.538. The first-order chi connectivity index (χ1) is 7.24. The zero-order valence-electron chi connectivity index (χ0n) is 8.10. The van der Waals surface area contributed by atoms with Gasteiger partial charge in [0.05, 0.1) is 0 Å². The molecule has 0 aromatic carbocycles. The van der Waals surface area contributed by atoms with Crippen molar-refractivity contribution in [3.63, 3.8) is 0 Å². The Hall–Kier alpha value is -2.16. The number of nitrogens with two attached hydrogens (primary N) is 1. The van der Waals surface area contributed by atoms with Crippen molar-refractivity contribution in [1.29, 1.82) is 5.26 Å². The largest absolute Gasteiger partial charge is 0.370 e. The summed E-state index contributed by atoms with van der Waals surface area (Å²) in [7, 11) is 0. The molecule has 0 aliphatic carbocycles. The number of nitrogens with zero attached hydrogens (tertiary/aromatic N) is 3. The molecule has 1 aromatic rings. The van der Waals surface area contributed by atoms with Crippen molar-refractivity contribution in [2.75, 3.05) is 11.9 Å². The van der Waals surface area contributed by atoms with E-state index >= 15 is 0 Å². The van der Waals surface area contributed by atoms with E-state index in [0.29, 0.717) is 25.2 Å². The van der Waals surface area contributed by atoms with E-state index < -0.39 is 0 Å². The van der Waals surface area contributed by atoms with E-state index in [-0.39, 0.29) is 11.6 Å². The first-order valence-corrected chi connectivity index (χ1v) is 4.47. The highest BCUT2D eigenvalue weighted by atomic mass is 16.1. The highest BCUT2D eigenvalue weighted by molar-refractivity contribution is 5.73. The topological polar surface area (TPSA) is 105 Å². The van der Waals surface area contributed by atoms with Crippen LogP contribution in [0.25, 0.3) is 0 Å². The highest BCUT2D eigenvalue weighted by Crippen LogP contribution is 2.06. The van der Waals surface area contributed by atoms with Crippen LogP contribution in [0, 0.1) is 11.3 Å². The molecule has 1 rings (SSSR count). The Morgan fingerprint density at radius 3 is 2.93 bits per heavy atom. The summed E-state index contributed by atoms with van der Waals surface area (Å²) in [5.74, 6) is 0.0981. The lowest BCUT2D eigenvalue weighted by molar-refractivity contribution is -0.118. The van der Waals surface area contributed by atoms with Gasteiger partial charge in [-0.15, -0.1) is 0 Å². The van der Waals surface area contributed by atoms with Gasteiger partial charge in [-0.1, -0.05) is 0 Å². The molecule has 0 aliphatic heterocycles. The SMILES string of the molecule is N#Cc1nccnc1NCCCC(N)=O. The van der Waals surface area contributed by atoms with Gasteiger partial charge in [-0.3, -0.25) is 4.79 Å². The lowest BCUT2D eigenvalue weighted by Gasteiger charge is -2.04.